The Morgan fingerprint density at radius 2 is 1.33 bits per heavy atom. The monoisotopic (exact) mass is 429 g/mol. The lowest BCUT2D eigenvalue weighted by molar-refractivity contribution is -0.265. The van der Waals surface area contributed by atoms with Gasteiger partial charge < -0.3 is 19.4 Å². The first kappa shape index (κ1) is 27.8. The summed E-state index contributed by atoms with van der Waals surface area (Å²) in [5.74, 6) is 0. The maximum atomic E-state index is 10.5. The third kappa shape index (κ3) is 9.95. The van der Waals surface area contributed by atoms with Gasteiger partial charge in [0.15, 0.2) is 0 Å². The average molecular weight is 430 g/mol. The maximum Gasteiger partial charge on any atom is 0.0615 e. The van der Waals surface area contributed by atoms with Gasteiger partial charge in [0, 0.05) is 24.3 Å². The fraction of sp³-hybridized carbons (Fsp3) is 1.00. The van der Waals surface area contributed by atoms with Gasteiger partial charge in [-0.25, -0.2) is 0 Å². The molecule has 0 amide bonds. The van der Waals surface area contributed by atoms with Gasteiger partial charge in [-0.3, -0.25) is 0 Å². The van der Waals surface area contributed by atoms with Crippen LogP contribution in [0.2, 0.25) is 0 Å². The number of nitrogens with zero attached hydrogens (tertiary/aromatic N) is 1. The molecule has 0 aromatic carbocycles. The van der Waals surface area contributed by atoms with Gasteiger partial charge in [0.1, 0.15) is 0 Å². The number of piperidine rings is 1. The van der Waals surface area contributed by atoms with Crippen molar-refractivity contribution in [3.05, 3.63) is 0 Å². The average Bonchev–Trinajstić information content (AvgIpc) is 2.66. The Labute approximate surface area is 186 Å². The molecular weight excluding hydrogens is 378 g/mol. The molecule has 0 saturated carbocycles. The minimum Gasteiger partial charge on any atom is -0.379 e. The second-order valence-corrected chi connectivity index (χ2v) is 10.6. The number of rotatable bonds is 15. The molecule has 1 aliphatic heterocycles. The van der Waals surface area contributed by atoms with E-state index in [1.807, 2.05) is 0 Å². The molecule has 0 radical (unpaired) electrons. The van der Waals surface area contributed by atoms with Crippen molar-refractivity contribution < 1.29 is 19.4 Å². The molecular formula is C25H51NO4. The Balaban J connectivity index is 2.24. The molecule has 0 aromatic heterocycles. The third-order valence-electron chi connectivity index (χ3n) is 6.45. The summed E-state index contributed by atoms with van der Waals surface area (Å²) in [6.45, 7) is 18.7. The van der Waals surface area contributed by atoms with Gasteiger partial charge >= 0.3 is 0 Å². The first-order valence-corrected chi connectivity index (χ1v) is 12.4. The van der Waals surface area contributed by atoms with Crippen LogP contribution in [-0.4, -0.2) is 59.0 Å². The second-order valence-electron chi connectivity index (χ2n) is 10.6. The zero-order valence-electron chi connectivity index (χ0n) is 21.2. The van der Waals surface area contributed by atoms with Gasteiger partial charge in [0.25, 0.3) is 0 Å². The van der Waals surface area contributed by atoms with Crippen molar-refractivity contribution in [3.63, 3.8) is 0 Å². The van der Waals surface area contributed by atoms with Crippen LogP contribution in [0.1, 0.15) is 113 Å². The first-order valence-electron chi connectivity index (χ1n) is 12.4. The van der Waals surface area contributed by atoms with Crippen LogP contribution in [0, 0.1) is 0 Å². The molecule has 1 rings (SSSR count). The molecule has 0 bridgehead atoms. The van der Waals surface area contributed by atoms with Crippen molar-refractivity contribution in [3.8, 4) is 0 Å². The minimum atomic E-state index is -0.271. The fourth-order valence-electron chi connectivity index (χ4n) is 4.55. The van der Waals surface area contributed by atoms with Gasteiger partial charge in [-0.2, -0.15) is 5.06 Å². The Morgan fingerprint density at radius 3 is 1.80 bits per heavy atom. The van der Waals surface area contributed by atoms with Gasteiger partial charge in [-0.1, -0.05) is 26.7 Å². The van der Waals surface area contributed by atoms with Gasteiger partial charge in [-0.05, 0) is 86.5 Å². The number of unbranched alkanes of at least 4 members (excludes halogenated alkanes) is 3. The molecule has 1 aliphatic rings. The van der Waals surface area contributed by atoms with E-state index in [0.717, 1.165) is 58.2 Å². The minimum absolute atomic E-state index is 0.174. The predicted octanol–water partition coefficient (Wildman–Crippen LogP) is 6.36. The van der Waals surface area contributed by atoms with Gasteiger partial charge in [-0.15, -0.1) is 0 Å². The highest BCUT2D eigenvalue weighted by Gasteiger charge is 2.45. The van der Waals surface area contributed by atoms with Crippen molar-refractivity contribution in [2.45, 2.75) is 149 Å². The number of hydrogen-bond donors (Lipinski definition) is 1. The van der Waals surface area contributed by atoms with Crippen molar-refractivity contribution in [2.24, 2.45) is 0 Å². The van der Waals surface area contributed by atoms with E-state index in [1.54, 1.807) is 0 Å². The highest BCUT2D eigenvalue weighted by Crippen LogP contribution is 2.38. The predicted molar refractivity (Wildman–Crippen MR) is 124 cm³/mol. The third-order valence-corrected chi connectivity index (χ3v) is 6.45. The molecule has 180 valence electrons. The Morgan fingerprint density at radius 1 is 0.833 bits per heavy atom. The van der Waals surface area contributed by atoms with Crippen LogP contribution in [-0.2, 0) is 14.2 Å². The maximum absolute atomic E-state index is 10.5. The van der Waals surface area contributed by atoms with Crippen LogP contribution in [0.3, 0.4) is 0 Å². The Kier molecular flexibility index (Phi) is 12.4. The highest BCUT2D eigenvalue weighted by atomic mass is 16.5. The molecule has 3 unspecified atom stereocenters. The van der Waals surface area contributed by atoms with E-state index in [1.165, 1.54) is 17.9 Å². The molecule has 1 saturated heterocycles. The molecule has 1 fully saturated rings. The summed E-state index contributed by atoms with van der Waals surface area (Å²) in [4.78, 5) is 0. The largest absolute Gasteiger partial charge is 0.379 e. The molecule has 1 heterocycles. The molecule has 1 N–H and O–H groups in total. The molecule has 30 heavy (non-hydrogen) atoms. The summed E-state index contributed by atoms with van der Waals surface area (Å²) in [6, 6.07) is 0. The van der Waals surface area contributed by atoms with E-state index in [-0.39, 0.29) is 29.4 Å². The zero-order chi connectivity index (χ0) is 22.8. The Hall–Kier alpha value is -0.200. The molecule has 3 atom stereocenters. The van der Waals surface area contributed by atoms with Gasteiger partial charge in [0.2, 0.25) is 0 Å². The lowest BCUT2D eigenvalue weighted by Crippen LogP contribution is -2.60. The van der Waals surface area contributed by atoms with Crippen molar-refractivity contribution in [1.82, 2.24) is 5.06 Å². The lowest BCUT2D eigenvalue weighted by atomic mass is 9.80. The quantitative estimate of drug-likeness (QED) is 0.307. The van der Waals surface area contributed by atoms with Crippen molar-refractivity contribution >= 4 is 0 Å². The summed E-state index contributed by atoms with van der Waals surface area (Å²) in [5.41, 5.74) is -0.543. The van der Waals surface area contributed by atoms with E-state index < -0.39 is 0 Å². The lowest BCUT2D eigenvalue weighted by Gasteiger charge is -2.51. The molecule has 0 aromatic rings. The van der Waals surface area contributed by atoms with Crippen LogP contribution >= 0.6 is 0 Å². The van der Waals surface area contributed by atoms with E-state index in [0.29, 0.717) is 6.10 Å². The summed E-state index contributed by atoms with van der Waals surface area (Å²) in [5, 5.41) is 12.0. The SMILES string of the molecule is CCC(C)OCCCCCCOC(C)CC(CC)OC1CC(C)(C)N(O)C(C)(C)C1. The fourth-order valence-corrected chi connectivity index (χ4v) is 4.55. The van der Waals surface area contributed by atoms with Crippen LogP contribution in [0.4, 0.5) is 0 Å². The summed E-state index contributed by atoms with van der Waals surface area (Å²) in [6.07, 6.45) is 10.4. The van der Waals surface area contributed by atoms with E-state index in [2.05, 4.69) is 55.4 Å². The van der Waals surface area contributed by atoms with Crippen molar-refractivity contribution in [2.75, 3.05) is 13.2 Å². The smallest absolute Gasteiger partial charge is 0.0615 e. The van der Waals surface area contributed by atoms with Crippen LogP contribution < -0.4 is 0 Å². The van der Waals surface area contributed by atoms with Gasteiger partial charge in [0.05, 0.1) is 24.4 Å². The van der Waals surface area contributed by atoms with E-state index >= 15 is 0 Å². The van der Waals surface area contributed by atoms with Crippen LogP contribution in [0.25, 0.3) is 0 Å². The summed E-state index contributed by atoms with van der Waals surface area (Å²) < 4.78 is 18.3. The standard InChI is InChI=1S/C25H51NO4/c1-9-20(3)28-15-13-11-12-14-16-29-21(4)17-22(10-2)30-23-18-24(5,6)26(27)25(7,8)19-23/h20-23,27H,9-19H2,1-8H3. The molecule has 5 heteroatoms. The molecule has 5 nitrogen and oxygen atoms in total. The summed E-state index contributed by atoms with van der Waals surface area (Å²) >= 11 is 0. The van der Waals surface area contributed by atoms with Crippen LogP contribution in [0.5, 0.6) is 0 Å². The highest BCUT2D eigenvalue weighted by molar-refractivity contribution is 4.97. The van der Waals surface area contributed by atoms with E-state index in [9.17, 15) is 5.21 Å². The van der Waals surface area contributed by atoms with Crippen molar-refractivity contribution in [1.29, 1.82) is 0 Å². The zero-order valence-corrected chi connectivity index (χ0v) is 21.2. The second kappa shape index (κ2) is 13.4. The molecule has 0 aliphatic carbocycles. The number of hydrogen-bond acceptors (Lipinski definition) is 5. The number of hydroxylamine groups is 2. The summed E-state index contributed by atoms with van der Waals surface area (Å²) in [7, 11) is 0. The number of ether oxygens (including phenoxy) is 3. The Bertz CT molecular complexity index is 436. The van der Waals surface area contributed by atoms with E-state index in [4.69, 9.17) is 14.2 Å². The topological polar surface area (TPSA) is 51.2 Å². The van der Waals surface area contributed by atoms with Crippen LogP contribution in [0.15, 0.2) is 0 Å². The molecule has 0 spiro atoms. The first-order chi connectivity index (χ1) is 14.0. The normalized spacial score (nSPS) is 22.7.